The second kappa shape index (κ2) is 23.0. The molecule has 7 amide bonds. The predicted octanol–water partition coefficient (Wildman–Crippen LogP) is 3.67. The number of likely N-dealkylation sites (tertiary alicyclic amines) is 1. The molecule has 0 aromatic heterocycles. The number of para-hydroxylation sites is 2. The van der Waals surface area contributed by atoms with E-state index in [9.17, 15) is 43.2 Å². The lowest BCUT2D eigenvalue weighted by atomic mass is 9.85. The number of amides is 7. The number of hydrogen-bond donors (Lipinski definition) is 7. The van der Waals surface area contributed by atoms with E-state index in [-0.39, 0.29) is 42.4 Å². The van der Waals surface area contributed by atoms with Gasteiger partial charge >= 0.3 is 7.60 Å². The quantitative estimate of drug-likeness (QED) is 0.0759. The van der Waals surface area contributed by atoms with Gasteiger partial charge in [0.05, 0.1) is 0 Å². The van der Waals surface area contributed by atoms with Crippen LogP contribution in [0.2, 0.25) is 0 Å². The number of phenolic OH excluding ortho intramolecular Hbond substituents is 1. The molecule has 1 fully saturated rings. The van der Waals surface area contributed by atoms with Crippen LogP contribution in [-0.4, -0.2) is 93.9 Å². The summed E-state index contributed by atoms with van der Waals surface area (Å²) in [6.07, 6.45) is 0.336. The zero-order chi connectivity index (χ0) is 48.1. The lowest BCUT2D eigenvalue weighted by molar-refractivity contribution is -0.139. The first-order valence-electron chi connectivity index (χ1n) is 21.5. The van der Waals surface area contributed by atoms with Crippen LogP contribution in [0.4, 0.5) is 0 Å². The third-order valence-electron chi connectivity index (χ3n) is 10.7. The van der Waals surface area contributed by atoms with E-state index in [2.05, 4.69) is 26.6 Å². The van der Waals surface area contributed by atoms with Crippen molar-refractivity contribution in [3.8, 4) is 17.2 Å². The Morgan fingerprint density at radius 2 is 1.29 bits per heavy atom. The van der Waals surface area contributed by atoms with Gasteiger partial charge in [0, 0.05) is 26.3 Å². The van der Waals surface area contributed by atoms with Crippen LogP contribution in [0.15, 0.2) is 84.9 Å². The lowest BCUT2D eigenvalue weighted by Crippen LogP contribution is -2.62. The van der Waals surface area contributed by atoms with Crippen molar-refractivity contribution in [1.82, 2.24) is 31.5 Å². The first-order chi connectivity index (χ1) is 30.6. The molecule has 3 aromatic rings. The number of primary amides is 1. The molecule has 0 spiro atoms. The summed E-state index contributed by atoms with van der Waals surface area (Å²) in [4.78, 5) is 95.7. The summed E-state index contributed by atoms with van der Waals surface area (Å²) in [5.74, 6) is -6.11. The molecule has 8 N–H and O–H groups in total. The van der Waals surface area contributed by atoms with Crippen LogP contribution in [0.5, 0.6) is 17.2 Å². The number of aromatic hydroxyl groups is 1. The Morgan fingerprint density at radius 1 is 0.754 bits per heavy atom. The Morgan fingerprint density at radius 3 is 1.80 bits per heavy atom. The highest BCUT2D eigenvalue weighted by molar-refractivity contribution is 7.55. The van der Waals surface area contributed by atoms with Crippen molar-refractivity contribution in [3.05, 3.63) is 90.5 Å². The summed E-state index contributed by atoms with van der Waals surface area (Å²) in [6, 6.07) is 16.3. The maximum atomic E-state index is 14.4. The zero-order valence-electron chi connectivity index (χ0n) is 37.9. The topological polar surface area (TPSA) is 265 Å². The predicted molar refractivity (Wildman–Crippen MR) is 242 cm³/mol. The number of phenols is 1. The third kappa shape index (κ3) is 15.1. The number of nitrogens with one attached hydrogen (secondary N) is 5. The fraction of sp³-hybridized carbons (Fsp3) is 0.457. The van der Waals surface area contributed by atoms with Gasteiger partial charge in [0.15, 0.2) is 5.78 Å². The van der Waals surface area contributed by atoms with Gasteiger partial charge in [0.2, 0.25) is 41.4 Å². The largest absolute Gasteiger partial charge is 0.508 e. The van der Waals surface area contributed by atoms with Crippen LogP contribution in [-0.2, 0) is 44.5 Å². The Kier molecular flexibility index (Phi) is 18.1. The average molecular weight is 920 g/mol. The molecule has 0 aliphatic carbocycles. The van der Waals surface area contributed by atoms with E-state index < -0.39 is 90.4 Å². The van der Waals surface area contributed by atoms with Gasteiger partial charge in [-0.05, 0) is 79.5 Å². The van der Waals surface area contributed by atoms with Gasteiger partial charge in [-0.15, -0.1) is 0 Å². The molecule has 1 unspecified atom stereocenters. The van der Waals surface area contributed by atoms with E-state index in [1.54, 1.807) is 107 Å². The molecule has 0 bridgehead atoms. The summed E-state index contributed by atoms with van der Waals surface area (Å²) < 4.78 is 26.2. The fourth-order valence-corrected chi connectivity index (χ4v) is 8.56. The highest BCUT2D eigenvalue weighted by atomic mass is 31.2. The normalized spacial score (nSPS) is 16.2. The van der Waals surface area contributed by atoms with Crippen LogP contribution in [0, 0.1) is 11.3 Å². The Balaban J connectivity index is 1.58. The molecule has 18 nitrogen and oxygen atoms in total. The SMILES string of the molecule is CC(=O)N1CCC[C@H]1C(=O)N[C@H](C(=O)N[C@@H](Cc1ccc(O)cc1)C(=O)NC(C(=O)N[C@H](CCC(N)=O)C(=O)N[C@H](C)P(=O)(Oc1ccccc1)Oc1ccccc1)C(C)(C)C)C(C)C. The minimum Gasteiger partial charge on any atom is -0.508 e. The molecule has 1 aliphatic heterocycles. The van der Waals surface area contributed by atoms with E-state index >= 15 is 0 Å². The average Bonchev–Trinajstić information content (AvgIpc) is 3.75. The molecule has 0 radical (unpaired) electrons. The van der Waals surface area contributed by atoms with Gasteiger partial charge in [-0.25, -0.2) is 4.57 Å². The number of carbonyl (C=O) groups is 7. The summed E-state index contributed by atoms with van der Waals surface area (Å²) >= 11 is 0. The third-order valence-corrected chi connectivity index (χ3v) is 12.7. The minimum atomic E-state index is -4.25. The highest BCUT2D eigenvalue weighted by Gasteiger charge is 2.41. The fourth-order valence-electron chi connectivity index (χ4n) is 7.09. The molecule has 0 saturated carbocycles. The monoisotopic (exact) mass is 919 g/mol. The lowest BCUT2D eigenvalue weighted by Gasteiger charge is -2.34. The Hall–Kier alpha value is -6.42. The first kappa shape index (κ1) is 51.2. The summed E-state index contributed by atoms with van der Waals surface area (Å²) in [7, 11) is -4.25. The van der Waals surface area contributed by atoms with Crippen molar-refractivity contribution in [1.29, 1.82) is 0 Å². The standard InChI is InChI=1S/C46H62N7O11P/c1-28(2)39(51-43(59)37-19-14-26-53(37)30(4)54)44(60)50-36(27-31-20-22-32(55)23-21-31)42(58)52-40(46(5,6)7)45(61)49-35(24-25-38(47)56)41(57)48-29(3)65(62,63-33-15-10-8-11-16-33)64-34-17-12-9-13-18-34/h8-13,15-18,20-23,28-29,35-37,39-40,55H,14,19,24-27H2,1-7H3,(H2,47,56)(H,48,57)(H,49,61)(H,50,60)(H,51,59)(H,52,58)/t29-,35+,36-,37-,39-,40?/m0/s1. The minimum absolute atomic E-state index is 0.0306. The van der Waals surface area contributed by atoms with Crippen LogP contribution < -0.4 is 41.4 Å². The molecule has 4 rings (SSSR count). The second-order valence-electron chi connectivity index (χ2n) is 17.4. The van der Waals surface area contributed by atoms with Crippen molar-refractivity contribution in [2.75, 3.05) is 6.54 Å². The summed E-state index contributed by atoms with van der Waals surface area (Å²) in [5.41, 5.74) is 4.97. The number of hydrogen-bond acceptors (Lipinski definition) is 11. The maximum absolute atomic E-state index is 14.4. The number of carbonyl (C=O) groups excluding carboxylic acids is 7. The van der Waals surface area contributed by atoms with Crippen LogP contribution in [0.25, 0.3) is 0 Å². The van der Waals surface area contributed by atoms with Gasteiger partial charge in [-0.3, -0.25) is 33.6 Å². The van der Waals surface area contributed by atoms with E-state index in [0.29, 0.717) is 24.9 Å². The van der Waals surface area contributed by atoms with Gasteiger partial charge in [0.25, 0.3) is 0 Å². The van der Waals surface area contributed by atoms with Gasteiger partial charge in [-0.1, -0.05) is 83.1 Å². The van der Waals surface area contributed by atoms with E-state index in [1.165, 1.54) is 30.9 Å². The van der Waals surface area contributed by atoms with Crippen molar-refractivity contribution in [2.24, 2.45) is 17.1 Å². The molecule has 19 heteroatoms. The van der Waals surface area contributed by atoms with Crippen LogP contribution in [0.3, 0.4) is 0 Å². The molecule has 3 aromatic carbocycles. The highest BCUT2D eigenvalue weighted by Crippen LogP contribution is 2.51. The smallest absolute Gasteiger partial charge is 0.452 e. The molecular weight excluding hydrogens is 858 g/mol. The molecule has 352 valence electrons. The molecule has 6 atom stereocenters. The van der Waals surface area contributed by atoms with Crippen molar-refractivity contribution < 1.29 is 52.3 Å². The van der Waals surface area contributed by atoms with Crippen molar-refractivity contribution in [2.45, 2.75) is 117 Å². The molecule has 1 heterocycles. The summed E-state index contributed by atoms with van der Waals surface area (Å²) in [6.45, 7) is 11.6. The Bertz CT molecular complexity index is 2140. The zero-order valence-corrected chi connectivity index (χ0v) is 38.8. The van der Waals surface area contributed by atoms with Crippen LogP contribution >= 0.6 is 7.60 Å². The maximum Gasteiger partial charge on any atom is 0.452 e. The number of rotatable bonds is 21. The Labute approximate surface area is 379 Å². The summed E-state index contributed by atoms with van der Waals surface area (Å²) in [5, 5.41) is 23.4. The second-order valence-corrected chi connectivity index (χ2v) is 19.7. The molecular formula is C46H62N7O11P. The number of nitrogens with zero attached hydrogens (tertiary/aromatic N) is 1. The van der Waals surface area contributed by atoms with Crippen molar-refractivity contribution >= 4 is 48.9 Å². The van der Waals surface area contributed by atoms with Gasteiger partial charge in [-0.2, -0.15) is 0 Å². The molecule has 1 aliphatic rings. The first-order valence-corrected chi connectivity index (χ1v) is 23.1. The van der Waals surface area contributed by atoms with Gasteiger partial charge in [0.1, 0.15) is 47.5 Å². The molecule has 65 heavy (non-hydrogen) atoms. The van der Waals surface area contributed by atoms with Crippen molar-refractivity contribution in [3.63, 3.8) is 0 Å². The molecule has 1 saturated heterocycles. The van der Waals surface area contributed by atoms with E-state index in [4.69, 9.17) is 14.8 Å². The van der Waals surface area contributed by atoms with Gasteiger partial charge < -0.3 is 51.4 Å². The van der Waals surface area contributed by atoms with E-state index in [1.807, 2.05) is 0 Å². The van der Waals surface area contributed by atoms with E-state index in [0.717, 1.165) is 0 Å². The number of benzene rings is 3. The number of nitrogens with two attached hydrogens (primary N) is 1. The van der Waals surface area contributed by atoms with Crippen LogP contribution in [0.1, 0.15) is 79.7 Å².